The molecule has 0 saturated heterocycles. The summed E-state index contributed by atoms with van der Waals surface area (Å²) in [7, 11) is 0. The van der Waals surface area contributed by atoms with Gasteiger partial charge < -0.3 is 14.9 Å². The van der Waals surface area contributed by atoms with Gasteiger partial charge in [-0.25, -0.2) is 0 Å². The molecule has 24 heavy (non-hydrogen) atoms. The zero-order valence-electron chi connectivity index (χ0n) is 15.1. The van der Waals surface area contributed by atoms with Gasteiger partial charge in [0.1, 0.15) is 0 Å². The fourth-order valence-electron chi connectivity index (χ4n) is 2.65. The maximum atomic E-state index is 3.34. The van der Waals surface area contributed by atoms with Crippen molar-refractivity contribution < 1.29 is 24.2 Å². The summed E-state index contributed by atoms with van der Waals surface area (Å²) >= 11 is 1.30. The molecular weight excluding hydrogens is 367 g/mol. The molecule has 0 spiro atoms. The first-order valence-electron chi connectivity index (χ1n) is 7.33. The third-order valence-electron chi connectivity index (χ3n) is 3.79. The molecule has 0 aliphatic rings. The van der Waals surface area contributed by atoms with Gasteiger partial charge in [0.05, 0.1) is 0 Å². The zero-order chi connectivity index (χ0) is 15.9. The van der Waals surface area contributed by atoms with Gasteiger partial charge in [0.15, 0.2) is 0 Å². The topological polar surface area (TPSA) is 0 Å². The fraction of sp³-hybridized carbons (Fsp3) is 0.0870. The van der Waals surface area contributed by atoms with Crippen molar-refractivity contribution in [3.63, 3.8) is 0 Å². The van der Waals surface area contributed by atoms with Crippen LogP contribution in [0.1, 0.15) is 11.1 Å². The maximum Gasteiger partial charge on any atom is -0.358 e. The minimum atomic E-state index is 0. The van der Waals surface area contributed by atoms with Crippen LogP contribution in [0.5, 0.6) is 0 Å². The third kappa shape index (κ3) is 5.21. The van der Waals surface area contributed by atoms with Crippen LogP contribution in [0.2, 0.25) is 0 Å². The first-order valence-corrected chi connectivity index (χ1v) is 9.07. The van der Waals surface area contributed by atoms with Gasteiger partial charge in [-0.15, -0.1) is 57.9 Å². The molecule has 0 unspecified atom stereocenters. The minimum absolute atomic E-state index is 0. The van der Waals surface area contributed by atoms with Crippen molar-refractivity contribution in [2.45, 2.75) is 13.8 Å². The molecule has 0 nitrogen and oxygen atoms in total. The van der Waals surface area contributed by atoms with Crippen LogP contribution >= 0.6 is 0 Å². The second kappa shape index (κ2) is 11.1. The predicted octanol–water partition coefficient (Wildman–Crippen LogP) is 6.60. The summed E-state index contributed by atoms with van der Waals surface area (Å²) in [6.45, 7) is 4.28. The Kier molecular flexibility index (Phi) is 10.3. The molecule has 126 valence electrons. The van der Waals surface area contributed by atoms with Gasteiger partial charge in [0, 0.05) is 0 Å². The van der Waals surface area contributed by atoms with Gasteiger partial charge in [0.25, 0.3) is 0 Å². The van der Waals surface area contributed by atoms with Crippen molar-refractivity contribution in [2.75, 3.05) is 0 Å². The zero-order valence-corrected chi connectivity index (χ0v) is 17.6. The van der Waals surface area contributed by atoms with Gasteiger partial charge in [-0.1, -0.05) is 23.3 Å². The van der Waals surface area contributed by atoms with E-state index in [1.165, 1.54) is 56.9 Å². The molecule has 0 heterocycles. The minimum Gasteiger partial charge on any atom is -0.358 e. The average molecular weight is 394 g/mol. The summed E-state index contributed by atoms with van der Waals surface area (Å²) in [4.78, 5) is 0. The number of fused-ring (bicyclic) bond motifs is 2. The van der Waals surface area contributed by atoms with E-state index in [0.717, 1.165) is 0 Å². The summed E-state index contributed by atoms with van der Waals surface area (Å²) in [5.74, 6) is 0. The van der Waals surface area contributed by atoms with E-state index in [-0.39, 0.29) is 14.9 Å². The van der Waals surface area contributed by atoms with E-state index in [1.807, 2.05) is 0 Å². The van der Waals surface area contributed by atoms with Gasteiger partial charge in [-0.2, -0.15) is 24.3 Å². The maximum absolute atomic E-state index is 3.34. The van der Waals surface area contributed by atoms with Crippen molar-refractivity contribution in [3.8, 4) is 0 Å². The number of rotatable bonds is 0. The molecule has 0 N–H and O–H groups in total. The average Bonchev–Trinajstić information content (AvgIpc) is 3.20. The molecule has 0 saturated carbocycles. The molecular formula is C23H26Zr-4. The fourth-order valence-corrected chi connectivity index (χ4v) is 2.65. The summed E-state index contributed by atoms with van der Waals surface area (Å²) in [6, 6.07) is 25.5. The van der Waals surface area contributed by atoms with Gasteiger partial charge >= 0.3 is 28.4 Å². The monoisotopic (exact) mass is 392 g/mol. The van der Waals surface area contributed by atoms with Crippen molar-refractivity contribution >= 4 is 25.8 Å². The predicted molar refractivity (Wildman–Crippen MR) is 109 cm³/mol. The van der Waals surface area contributed by atoms with Crippen molar-refractivity contribution in [2.24, 2.45) is 0 Å². The first kappa shape index (κ1) is 22.4. The molecule has 0 aliphatic carbocycles. The van der Waals surface area contributed by atoms with Gasteiger partial charge in [-0.05, 0) is 13.8 Å². The van der Waals surface area contributed by atoms with E-state index in [0.29, 0.717) is 0 Å². The molecule has 4 aromatic carbocycles. The Morgan fingerprint density at radius 3 is 1.38 bits per heavy atom. The Balaban J connectivity index is 0.000000372. The van der Waals surface area contributed by atoms with Crippen LogP contribution in [0.15, 0.2) is 72.8 Å². The van der Waals surface area contributed by atoms with E-state index in [2.05, 4.69) is 90.9 Å². The normalized spacial score (nSPS) is 8.88. The Morgan fingerprint density at radius 2 is 1.04 bits per heavy atom. The summed E-state index contributed by atoms with van der Waals surface area (Å²) < 4.78 is 3.34. The van der Waals surface area contributed by atoms with Crippen molar-refractivity contribution in [1.29, 1.82) is 0 Å². The number of benzene rings is 2. The van der Waals surface area contributed by atoms with E-state index < -0.39 is 0 Å². The number of hydrogen-bond acceptors (Lipinski definition) is 0. The van der Waals surface area contributed by atoms with E-state index in [1.54, 1.807) is 0 Å². The largest absolute Gasteiger partial charge is 0.358 e. The third-order valence-corrected chi connectivity index (χ3v) is 3.79. The second-order valence-corrected chi connectivity index (χ2v) is 5.21. The molecule has 0 bridgehead atoms. The molecule has 0 aromatic heterocycles. The molecule has 0 amide bonds. The molecule has 4 aromatic rings. The van der Waals surface area contributed by atoms with Crippen molar-refractivity contribution in [1.82, 2.24) is 0 Å². The number of aryl methyl sites for hydroxylation is 2. The summed E-state index contributed by atoms with van der Waals surface area (Å²) in [5.41, 5.74) is 2.73. The van der Waals surface area contributed by atoms with Crippen LogP contribution in [0.25, 0.3) is 21.5 Å². The molecule has 0 radical (unpaired) electrons. The molecule has 0 aliphatic heterocycles. The van der Waals surface area contributed by atoms with Crippen LogP contribution in [-0.2, 0) is 24.2 Å². The number of hydrogen-bond donors (Lipinski definition) is 0. The Labute approximate surface area is 162 Å². The van der Waals surface area contributed by atoms with Crippen molar-refractivity contribution in [3.05, 3.63) is 98.8 Å². The van der Waals surface area contributed by atoms with E-state index in [4.69, 9.17) is 0 Å². The van der Waals surface area contributed by atoms with Crippen LogP contribution < -0.4 is 0 Å². The van der Waals surface area contributed by atoms with E-state index >= 15 is 0 Å². The van der Waals surface area contributed by atoms with Crippen LogP contribution in [0, 0.1) is 28.7 Å². The molecule has 0 fully saturated rings. The first-order chi connectivity index (χ1) is 10.8. The quantitative estimate of drug-likeness (QED) is 0.295. The molecule has 0 atom stereocenters. The van der Waals surface area contributed by atoms with Crippen LogP contribution in [-0.4, -0.2) is 4.21 Å². The van der Waals surface area contributed by atoms with Crippen LogP contribution in [0.3, 0.4) is 0 Å². The Morgan fingerprint density at radius 1 is 0.667 bits per heavy atom. The Hall–Kier alpha value is -1.59. The summed E-state index contributed by atoms with van der Waals surface area (Å²) in [6.07, 6.45) is 0. The van der Waals surface area contributed by atoms with Gasteiger partial charge in [-0.3, -0.25) is 0 Å². The molecule has 4 rings (SSSR count). The standard InChI is InChI=1S/2C10H9.2CH3.CH2.Zr/c2*1-8-4-2-5-9-6-3-7-10(8)9;;;;/h2*2-7H,1H3;2*1H3;1H2;/q4*-1;;. The molecule has 1 heteroatoms. The Bertz CT molecular complexity index is 776. The smallest absolute Gasteiger partial charge is 0.358 e. The van der Waals surface area contributed by atoms with Gasteiger partial charge in [0.2, 0.25) is 0 Å². The summed E-state index contributed by atoms with van der Waals surface area (Å²) in [5, 5.41) is 5.45. The van der Waals surface area contributed by atoms with E-state index in [9.17, 15) is 0 Å². The second-order valence-electron chi connectivity index (χ2n) is 5.21. The van der Waals surface area contributed by atoms with Crippen LogP contribution in [0.4, 0.5) is 0 Å². The SMILES string of the molecule is Cc1cccc2[cH-]ccc12.Cc1cccc2[cH-]ccc12.[CH2]=[Zr].[CH3-].[CH3-].